The van der Waals surface area contributed by atoms with E-state index in [4.69, 9.17) is 14.2 Å². The molecule has 0 radical (unpaired) electrons. The van der Waals surface area contributed by atoms with Crippen molar-refractivity contribution in [3.05, 3.63) is 0 Å². The van der Waals surface area contributed by atoms with E-state index in [1.165, 1.54) is 13.8 Å². The Morgan fingerprint density at radius 2 is 1.51 bits per heavy atom. The average Bonchev–Trinajstić information content (AvgIpc) is 3.23. The second-order valence-electron chi connectivity index (χ2n) is 13.9. The molecular weight excluding hydrogens is 660 g/mol. The van der Waals surface area contributed by atoms with E-state index in [1.54, 1.807) is 0 Å². The maximum atomic E-state index is 12.5. The van der Waals surface area contributed by atoms with Crippen molar-refractivity contribution in [2.45, 2.75) is 127 Å². The van der Waals surface area contributed by atoms with E-state index >= 15 is 0 Å². The van der Waals surface area contributed by atoms with Gasteiger partial charge < -0.3 is 24.4 Å². The second kappa shape index (κ2) is 12.4. The van der Waals surface area contributed by atoms with Crippen molar-refractivity contribution in [1.82, 2.24) is 0 Å². The molecule has 10 heteroatoms. The van der Waals surface area contributed by atoms with E-state index in [1.807, 2.05) is 13.8 Å². The van der Waals surface area contributed by atoms with Crippen LogP contribution in [0.2, 0.25) is 0 Å². The van der Waals surface area contributed by atoms with Crippen LogP contribution in [0.3, 0.4) is 0 Å². The molecule has 0 aromatic heterocycles. The molecule has 0 aromatic rings. The fourth-order valence-corrected chi connectivity index (χ4v) is 12.1. The highest BCUT2D eigenvalue weighted by molar-refractivity contribution is 9.10. The van der Waals surface area contributed by atoms with Crippen LogP contribution in [0.1, 0.15) is 87.0 Å². The van der Waals surface area contributed by atoms with Gasteiger partial charge in [0, 0.05) is 41.8 Å². The lowest BCUT2D eigenvalue weighted by molar-refractivity contribution is -0.239. The molecule has 14 atom stereocenters. The summed E-state index contributed by atoms with van der Waals surface area (Å²) in [5.41, 5.74) is -1.01. The van der Waals surface area contributed by atoms with Crippen LogP contribution in [0.25, 0.3) is 0 Å². The summed E-state index contributed by atoms with van der Waals surface area (Å²) in [6.07, 6.45) is 1.32. The molecule has 4 aliphatic carbocycles. The van der Waals surface area contributed by atoms with Gasteiger partial charge in [-0.3, -0.25) is 14.4 Å². The lowest BCUT2D eigenvalue weighted by Crippen LogP contribution is -2.70. The molecule has 41 heavy (non-hydrogen) atoms. The Morgan fingerprint density at radius 3 is 2.10 bits per heavy atom. The van der Waals surface area contributed by atoms with E-state index in [2.05, 4.69) is 52.6 Å². The van der Waals surface area contributed by atoms with Crippen LogP contribution in [0, 0.1) is 46.3 Å². The fourth-order valence-electron chi connectivity index (χ4n) is 9.72. The summed E-state index contributed by atoms with van der Waals surface area (Å²) in [5.74, 6) is -0.703. The highest BCUT2D eigenvalue weighted by Gasteiger charge is 2.71. The van der Waals surface area contributed by atoms with Crippen LogP contribution in [0.15, 0.2) is 0 Å². The number of aliphatic hydroxyl groups excluding tert-OH is 2. The number of hydrogen-bond acceptors (Lipinski definition) is 8. The fraction of sp³-hybridized carbons (Fsp3) is 0.903. The van der Waals surface area contributed by atoms with Gasteiger partial charge in [0.15, 0.2) is 0 Å². The van der Waals surface area contributed by atoms with Gasteiger partial charge in [-0.05, 0) is 75.5 Å². The molecule has 0 amide bonds. The minimum absolute atomic E-state index is 0.0376. The quantitative estimate of drug-likeness (QED) is 0.211. The highest BCUT2D eigenvalue weighted by Crippen LogP contribution is 2.70. The van der Waals surface area contributed by atoms with Crippen LogP contribution in [-0.4, -0.2) is 68.3 Å². The van der Waals surface area contributed by atoms with Gasteiger partial charge in [0.2, 0.25) is 0 Å². The molecule has 0 unspecified atom stereocenters. The average molecular weight is 709 g/mol. The van der Waals surface area contributed by atoms with Crippen LogP contribution in [0.5, 0.6) is 0 Å². The number of esters is 3. The van der Waals surface area contributed by atoms with E-state index < -0.39 is 27.9 Å². The number of ether oxygens (including phenoxy) is 3. The van der Waals surface area contributed by atoms with E-state index in [0.29, 0.717) is 25.7 Å². The van der Waals surface area contributed by atoms with Crippen molar-refractivity contribution in [3.63, 3.8) is 0 Å². The molecule has 4 saturated carbocycles. The minimum atomic E-state index is -0.840. The molecule has 0 heterocycles. The number of aliphatic hydroxyl groups is 2. The van der Waals surface area contributed by atoms with Gasteiger partial charge in [-0.15, -0.1) is 0 Å². The van der Waals surface area contributed by atoms with Crippen LogP contribution in [-0.2, 0) is 28.6 Å². The Hall–Kier alpha value is -0.710. The summed E-state index contributed by atoms with van der Waals surface area (Å²) >= 11 is 7.33. The molecule has 0 spiro atoms. The molecule has 4 fully saturated rings. The van der Waals surface area contributed by atoms with Gasteiger partial charge in [0.1, 0.15) is 12.2 Å². The monoisotopic (exact) mass is 706 g/mol. The van der Waals surface area contributed by atoms with Gasteiger partial charge >= 0.3 is 17.9 Å². The first-order valence-electron chi connectivity index (χ1n) is 15.2. The first-order valence-corrected chi connectivity index (χ1v) is 17.1. The van der Waals surface area contributed by atoms with Gasteiger partial charge in [0.25, 0.3) is 0 Å². The topological polar surface area (TPSA) is 119 Å². The SMILES string of the molecule is CC(=O)O[C@H]1C[C@H]2[C@@H]([C@H](OC(C)=O)C[C@@H]3[C@@H](Br)[C@H](O)[C@H](Br)[C@@H](O)[C@@]32C)[C@@H]2CC[C@H]([C@H](C)CCC(=O)OC(C)C)[C@@]12C. The highest BCUT2D eigenvalue weighted by atomic mass is 79.9. The maximum Gasteiger partial charge on any atom is 0.306 e. The number of fused-ring (bicyclic) bond motifs is 5. The Bertz CT molecular complexity index is 1010. The van der Waals surface area contributed by atoms with Crippen LogP contribution < -0.4 is 0 Å². The Balaban J connectivity index is 1.74. The number of carbonyl (C=O) groups excluding carboxylic acids is 3. The third kappa shape index (κ3) is 5.77. The predicted molar refractivity (Wildman–Crippen MR) is 160 cm³/mol. The van der Waals surface area contributed by atoms with Gasteiger partial charge in [0.05, 0.1) is 23.1 Å². The van der Waals surface area contributed by atoms with Gasteiger partial charge in [-0.1, -0.05) is 52.6 Å². The summed E-state index contributed by atoms with van der Waals surface area (Å²) in [5, 5.41) is 22.7. The van der Waals surface area contributed by atoms with E-state index in [9.17, 15) is 24.6 Å². The lowest BCUT2D eigenvalue weighted by atomic mass is 9.42. The standard InChI is InChI=1S/C31H48Br2O8/c1-14(2)39-24(36)11-8-15(3)18-9-10-19-25-20(13-23(30(18,19)6)41-17(5)35)31(7)21(12-22(25)40-16(4)34)26(32)28(37)27(33)29(31)38/h14-15,18-23,25-29,37-38H,8-13H2,1-7H3/t15-,18-,19+,20+,21-,22-,23+,25+,26-,27+,28+,29-,30-,31-/m1/s1. The van der Waals surface area contributed by atoms with Crippen molar-refractivity contribution in [2.75, 3.05) is 0 Å². The van der Waals surface area contributed by atoms with Crippen molar-refractivity contribution in [1.29, 1.82) is 0 Å². The molecule has 4 rings (SSSR count). The third-order valence-electron chi connectivity index (χ3n) is 11.5. The first-order chi connectivity index (χ1) is 19.0. The predicted octanol–water partition coefficient (Wildman–Crippen LogP) is 5.17. The summed E-state index contributed by atoms with van der Waals surface area (Å²) in [6.45, 7) is 13.1. The smallest absolute Gasteiger partial charge is 0.306 e. The van der Waals surface area contributed by atoms with Gasteiger partial charge in [-0.2, -0.15) is 0 Å². The van der Waals surface area contributed by atoms with Crippen LogP contribution >= 0.6 is 31.9 Å². The summed E-state index contributed by atoms with van der Waals surface area (Å²) < 4.78 is 17.6. The zero-order valence-electron chi connectivity index (χ0n) is 25.3. The molecule has 2 N–H and O–H groups in total. The lowest BCUT2D eigenvalue weighted by Gasteiger charge is -2.66. The molecule has 234 valence electrons. The van der Waals surface area contributed by atoms with E-state index in [0.717, 1.165) is 12.8 Å². The summed E-state index contributed by atoms with van der Waals surface area (Å²) in [6, 6.07) is 0. The minimum Gasteiger partial charge on any atom is -0.463 e. The largest absolute Gasteiger partial charge is 0.463 e. The molecule has 0 saturated heterocycles. The van der Waals surface area contributed by atoms with Crippen molar-refractivity contribution >= 4 is 49.8 Å². The number of carbonyl (C=O) groups is 3. The maximum absolute atomic E-state index is 12.5. The number of halogens is 2. The molecule has 0 aromatic carbocycles. The van der Waals surface area contributed by atoms with Crippen molar-refractivity contribution in [2.24, 2.45) is 46.3 Å². The molecule has 8 nitrogen and oxygen atoms in total. The molecular formula is C31H48Br2O8. The molecule has 0 aliphatic heterocycles. The van der Waals surface area contributed by atoms with E-state index in [-0.39, 0.29) is 76.6 Å². The third-order valence-corrected chi connectivity index (χ3v) is 13.7. The number of rotatable bonds is 7. The number of hydrogen-bond donors (Lipinski definition) is 2. The van der Waals surface area contributed by atoms with Crippen molar-refractivity contribution < 1.29 is 38.8 Å². The molecule has 0 bridgehead atoms. The number of alkyl halides is 2. The Morgan fingerprint density at radius 1 is 0.878 bits per heavy atom. The zero-order chi connectivity index (χ0) is 30.6. The summed E-state index contributed by atoms with van der Waals surface area (Å²) in [4.78, 5) is 36.5. The zero-order valence-corrected chi connectivity index (χ0v) is 28.5. The van der Waals surface area contributed by atoms with Gasteiger partial charge in [-0.25, -0.2) is 0 Å². The van der Waals surface area contributed by atoms with Crippen molar-refractivity contribution in [3.8, 4) is 0 Å². The normalized spacial score (nSPS) is 46.1. The van der Waals surface area contributed by atoms with Crippen LogP contribution in [0.4, 0.5) is 0 Å². The Labute approximate surface area is 261 Å². The Kier molecular flexibility index (Phi) is 10.00. The summed E-state index contributed by atoms with van der Waals surface area (Å²) in [7, 11) is 0. The molecule has 4 aliphatic rings. The second-order valence-corrected chi connectivity index (χ2v) is 16.0. The first kappa shape index (κ1) is 33.2.